The second-order valence-electron chi connectivity index (χ2n) is 8.14. The zero-order chi connectivity index (χ0) is 21.2. The van der Waals surface area contributed by atoms with Crippen LogP contribution < -0.4 is 0 Å². The summed E-state index contributed by atoms with van der Waals surface area (Å²) in [6, 6.07) is 0. The number of ether oxygens (including phenoxy) is 2. The van der Waals surface area contributed by atoms with Crippen molar-refractivity contribution in [3.63, 3.8) is 0 Å². The lowest BCUT2D eigenvalue weighted by molar-refractivity contribution is -0.151. The molecule has 2 aliphatic carbocycles. The van der Waals surface area contributed by atoms with Crippen LogP contribution in [0.3, 0.4) is 0 Å². The summed E-state index contributed by atoms with van der Waals surface area (Å²) in [7, 11) is 0. The molecule has 2 saturated carbocycles. The Balaban J connectivity index is 1.59. The minimum Gasteiger partial charge on any atom is -0.475 e. The van der Waals surface area contributed by atoms with E-state index in [1.807, 2.05) is 0 Å². The number of aliphatic carboxylic acids is 1. The number of rotatable bonds is 10. The van der Waals surface area contributed by atoms with E-state index >= 15 is 0 Å². The maximum atomic E-state index is 12.2. The molecule has 0 spiro atoms. The first-order valence-corrected chi connectivity index (χ1v) is 10.6. The van der Waals surface area contributed by atoms with Crippen molar-refractivity contribution in [3.05, 3.63) is 12.7 Å². The van der Waals surface area contributed by atoms with Gasteiger partial charge in [-0.2, -0.15) is 0 Å². The highest BCUT2D eigenvalue weighted by Crippen LogP contribution is 2.41. The molecule has 0 unspecified atom stereocenters. The van der Waals surface area contributed by atoms with Gasteiger partial charge in [0.25, 0.3) is 0 Å². The first-order valence-electron chi connectivity index (χ1n) is 10.6. The second kappa shape index (κ2) is 11.7. The molecule has 2 aliphatic rings. The number of ketones is 1. The zero-order valence-electron chi connectivity index (χ0n) is 17.0. The average Bonchev–Trinajstić information content (AvgIpc) is 2.75. The van der Waals surface area contributed by atoms with Crippen LogP contribution in [0.15, 0.2) is 12.7 Å². The topological polar surface area (TPSA) is 107 Å². The van der Waals surface area contributed by atoms with Crippen molar-refractivity contribution < 1.29 is 33.8 Å². The van der Waals surface area contributed by atoms with E-state index in [4.69, 9.17) is 14.6 Å². The number of Topliss-reactive ketones (excluding diaryl/α,β-unsaturated/α-hetero) is 1. The summed E-state index contributed by atoms with van der Waals surface area (Å²) in [4.78, 5) is 45.6. The first kappa shape index (κ1) is 23.1. The summed E-state index contributed by atoms with van der Waals surface area (Å²) in [6.07, 6.45) is 9.19. The lowest BCUT2D eigenvalue weighted by Gasteiger charge is -2.36. The van der Waals surface area contributed by atoms with Crippen LogP contribution >= 0.6 is 0 Å². The van der Waals surface area contributed by atoms with Crippen LogP contribution in [0.1, 0.15) is 64.2 Å². The predicted octanol–water partition coefficient (Wildman–Crippen LogP) is 3.31. The SMILES string of the molecule is C=CC(=O)OCCCCOC(=O)C1CCC(C2CCC(C(=O)C(=O)O)CC2)CC1. The van der Waals surface area contributed by atoms with Gasteiger partial charge >= 0.3 is 17.9 Å². The van der Waals surface area contributed by atoms with Gasteiger partial charge in [0.15, 0.2) is 0 Å². The number of hydrogen-bond donors (Lipinski definition) is 1. The lowest BCUT2D eigenvalue weighted by atomic mass is 9.68. The van der Waals surface area contributed by atoms with Gasteiger partial charge in [0, 0.05) is 12.0 Å². The van der Waals surface area contributed by atoms with E-state index in [-0.39, 0.29) is 17.8 Å². The van der Waals surface area contributed by atoms with Crippen LogP contribution in [-0.4, -0.2) is 42.0 Å². The molecule has 0 radical (unpaired) electrons. The highest BCUT2D eigenvalue weighted by Gasteiger charge is 2.36. The van der Waals surface area contributed by atoms with E-state index in [1.54, 1.807) is 0 Å². The number of carbonyl (C=O) groups is 4. The van der Waals surface area contributed by atoms with Gasteiger partial charge in [-0.15, -0.1) is 0 Å². The molecule has 0 aromatic heterocycles. The number of carboxylic acids is 1. The summed E-state index contributed by atoms with van der Waals surface area (Å²) in [5.41, 5.74) is 0. The van der Waals surface area contributed by atoms with Crippen LogP contribution in [-0.2, 0) is 28.7 Å². The molecule has 29 heavy (non-hydrogen) atoms. The van der Waals surface area contributed by atoms with Gasteiger partial charge in [0.05, 0.1) is 19.1 Å². The molecule has 0 aromatic rings. The molecule has 0 heterocycles. The molecular weight excluding hydrogens is 376 g/mol. The van der Waals surface area contributed by atoms with Crippen molar-refractivity contribution in [2.45, 2.75) is 64.2 Å². The maximum Gasteiger partial charge on any atom is 0.372 e. The molecule has 7 heteroatoms. The third kappa shape index (κ3) is 7.29. The average molecular weight is 408 g/mol. The summed E-state index contributed by atoms with van der Waals surface area (Å²) in [5, 5.41) is 8.85. The Kier molecular flexibility index (Phi) is 9.35. The Labute approximate surface area is 171 Å². The fourth-order valence-electron chi connectivity index (χ4n) is 4.58. The smallest absolute Gasteiger partial charge is 0.372 e. The van der Waals surface area contributed by atoms with Crippen molar-refractivity contribution >= 4 is 23.7 Å². The fourth-order valence-corrected chi connectivity index (χ4v) is 4.58. The van der Waals surface area contributed by atoms with Crippen LogP contribution in [0.2, 0.25) is 0 Å². The summed E-state index contributed by atoms with van der Waals surface area (Å²) < 4.78 is 10.2. The Bertz CT molecular complexity index is 596. The Morgan fingerprint density at radius 2 is 1.28 bits per heavy atom. The summed E-state index contributed by atoms with van der Waals surface area (Å²) >= 11 is 0. The minimum atomic E-state index is -1.31. The third-order valence-corrected chi connectivity index (χ3v) is 6.32. The molecule has 2 fully saturated rings. The number of carbonyl (C=O) groups excluding carboxylic acids is 3. The van der Waals surface area contributed by atoms with Crippen molar-refractivity contribution in [1.82, 2.24) is 0 Å². The highest BCUT2D eigenvalue weighted by molar-refractivity contribution is 6.33. The van der Waals surface area contributed by atoms with E-state index < -0.39 is 17.7 Å². The third-order valence-electron chi connectivity index (χ3n) is 6.32. The van der Waals surface area contributed by atoms with E-state index in [0.717, 1.165) is 44.6 Å². The van der Waals surface area contributed by atoms with Gasteiger partial charge in [0.1, 0.15) is 0 Å². The number of hydrogen-bond acceptors (Lipinski definition) is 6. The summed E-state index contributed by atoms with van der Waals surface area (Å²) in [6.45, 7) is 3.96. The first-order chi connectivity index (χ1) is 13.9. The van der Waals surface area contributed by atoms with Gasteiger partial charge in [-0.3, -0.25) is 9.59 Å². The molecular formula is C22H32O7. The Hall–Kier alpha value is -2.18. The molecule has 0 bridgehead atoms. The maximum absolute atomic E-state index is 12.2. The predicted molar refractivity (Wildman–Crippen MR) is 105 cm³/mol. The molecule has 7 nitrogen and oxygen atoms in total. The Morgan fingerprint density at radius 3 is 1.76 bits per heavy atom. The van der Waals surface area contributed by atoms with Gasteiger partial charge in [-0.05, 0) is 76.0 Å². The fraction of sp³-hybridized carbons (Fsp3) is 0.727. The van der Waals surface area contributed by atoms with Crippen molar-refractivity contribution in [2.75, 3.05) is 13.2 Å². The van der Waals surface area contributed by atoms with E-state index in [0.29, 0.717) is 50.7 Å². The molecule has 0 saturated heterocycles. The molecule has 162 valence electrons. The summed E-state index contributed by atoms with van der Waals surface area (Å²) in [5.74, 6) is -1.82. The monoisotopic (exact) mass is 408 g/mol. The molecule has 0 aliphatic heterocycles. The van der Waals surface area contributed by atoms with Crippen LogP contribution in [0, 0.1) is 23.7 Å². The quantitative estimate of drug-likeness (QED) is 0.256. The highest BCUT2D eigenvalue weighted by atomic mass is 16.5. The van der Waals surface area contributed by atoms with Gasteiger partial charge < -0.3 is 14.6 Å². The van der Waals surface area contributed by atoms with E-state index in [2.05, 4.69) is 6.58 Å². The van der Waals surface area contributed by atoms with Crippen LogP contribution in [0.25, 0.3) is 0 Å². The number of carboxylic acid groups (broad SMARTS) is 1. The Morgan fingerprint density at radius 1 is 0.793 bits per heavy atom. The van der Waals surface area contributed by atoms with Gasteiger partial charge in [-0.1, -0.05) is 6.58 Å². The number of esters is 2. The van der Waals surface area contributed by atoms with Crippen molar-refractivity contribution in [2.24, 2.45) is 23.7 Å². The molecule has 1 N–H and O–H groups in total. The van der Waals surface area contributed by atoms with Crippen molar-refractivity contribution in [1.29, 1.82) is 0 Å². The molecule has 0 atom stereocenters. The largest absolute Gasteiger partial charge is 0.475 e. The van der Waals surface area contributed by atoms with Crippen molar-refractivity contribution in [3.8, 4) is 0 Å². The lowest BCUT2D eigenvalue weighted by Crippen LogP contribution is -2.32. The van der Waals surface area contributed by atoms with Crippen LogP contribution in [0.4, 0.5) is 0 Å². The molecule has 0 aromatic carbocycles. The molecule has 2 rings (SSSR count). The van der Waals surface area contributed by atoms with Gasteiger partial charge in [0.2, 0.25) is 5.78 Å². The second-order valence-corrected chi connectivity index (χ2v) is 8.14. The van der Waals surface area contributed by atoms with Gasteiger partial charge in [-0.25, -0.2) is 9.59 Å². The minimum absolute atomic E-state index is 0.0465. The van der Waals surface area contributed by atoms with E-state index in [9.17, 15) is 19.2 Å². The standard InChI is InChI=1S/C22H32O7/c1-2-19(23)28-13-3-4-14-29-22(27)18-11-7-16(8-12-18)15-5-9-17(10-6-15)20(24)21(25)26/h2,15-18H,1,3-14H2,(H,25,26). The molecule has 0 amide bonds. The van der Waals surface area contributed by atoms with Crippen LogP contribution in [0.5, 0.6) is 0 Å². The normalized spacial score (nSPS) is 26.9. The zero-order valence-corrected chi connectivity index (χ0v) is 17.0. The number of unbranched alkanes of at least 4 members (excludes halogenated alkanes) is 1. The van der Waals surface area contributed by atoms with E-state index in [1.165, 1.54) is 0 Å².